The van der Waals surface area contributed by atoms with Crippen molar-refractivity contribution >= 4 is 145 Å². The van der Waals surface area contributed by atoms with Crippen LogP contribution in [0.5, 0.6) is 0 Å². The lowest BCUT2D eigenvalue weighted by atomic mass is 9.33. The van der Waals surface area contributed by atoms with E-state index in [1.165, 1.54) is 5.56 Å². The maximum Gasteiger partial charge on any atom is 0.252 e. The molecule has 550 valence electrons. The average molecular weight is 1480 g/mol. The molecular weight excluding hydrogens is 1400 g/mol. The van der Waals surface area contributed by atoms with Crippen molar-refractivity contribution in [2.75, 3.05) is 9.80 Å². The zero-order valence-electron chi connectivity index (χ0n) is 65.8. The van der Waals surface area contributed by atoms with Gasteiger partial charge in [-0.05, 0) is 178 Å². The lowest BCUT2D eigenvalue weighted by Crippen LogP contribution is -2.61. The van der Waals surface area contributed by atoms with Crippen molar-refractivity contribution in [1.82, 2.24) is 0 Å². The molecule has 0 aliphatic carbocycles. The van der Waals surface area contributed by atoms with Crippen molar-refractivity contribution in [2.24, 2.45) is 0 Å². The van der Waals surface area contributed by atoms with Crippen LogP contribution in [0.15, 0.2) is 345 Å². The summed E-state index contributed by atoms with van der Waals surface area (Å²) in [4.78, 5) is 5.35. The van der Waals surface area contributed by atoms with Crippen LogP contribution in [-0.4, -0.2) is 6.71 Å². The second kappa shape index (κ2) is 25.4. The summed E-state index contributed by atoms with van der Waals surface area (Å²) in [5.41, 5.74) is 34.6. The van der Waals surface area contributed by atoms with Crippen LogP contribution in [0.3, 0.4) is 0 Å². The first-order chi connectivity index (χ1) is 55.9. The van der Waals surface area contributed by atoms with Crippen molar-refractivity contribution in [3.05, 3.63) is 344 Å². The van der Waals surface area contributed by atoms with Gasteiger partial charge in [0.15, 0.2) is 0 Å². The normalized spacial score (nSPS) is 13.0. The van der Waals surface area contributed by atoms with E-state index in [0.29, 0.717) is 0 Å². The van der Waals surface area contributed by atoms with Gasteiger partial charge in [0.25, 0.3) is 6.71 Å². The third-order valence-corrected chi connectivity index (χ3v) is 24.5. The van der Waals surface area contributed by atoms with Crippen molar-refractivity contribution in [3.8, 4) is 77.9 Å². The fourth-order valence-electron chi connectivity index (χ4n) is 18.9. The lowest BCUT2D eigenvalue weighted by molar-refractivity contribution is 0.572. The number of nitrogens with zero attached hydrogens (tertiary/aromatic N) is 2. The quantitative estimate of drug-likeness (QED) is 0.134. The first-order valence-corrected chi connectivity index (χ1v) is 40.2. The fraction of sp³-hybridized carbons (Fsp3) is 0.111. The molecule has 7 heteroatoms. The molecule has 0 amide bonds. The average Bonchev–Trinajstić information content (AvgIpc) is 1.67. The van der Waals surface area contributed by atoms with E-state index in [0.717, 1.165) is 227 Å². The molecule has 6 heterocycles. The number of hydrogen-bond acceptors (Lipinski definition) is 6. The SMILES string of the molecule is CC(C)(C)c1ccc(-c2cc3c4c(c2)N(c2c(-c5ccc(-c6ccccc6)cc5)cc(C(C)(C)C)c5oc6ccccc6c25)c2ccc(-c5cccc6oc7ccccc7c56)cc2B4c2cc(-c4cccc5oc6ccccc6c45)ccc2N3c2c(-c3ccc(-c4ccccc4)cc3)cc(C(C)(C)C)c3oc4ccccc4c23)cc1. The molecule has 0 unspecified atom stereocenters. The van der Waals surface area contributed by atoms with Crippen molar-refractivity contribution in [2.45, 2.75) is 78.6 Å². The minimum atomic E-state index is -0.404. The van der Waals surface area contributed by atoms with Crippen LogP contribution >= 0.6 is 0 Å². The van der Waals surface area contributed by atoms with Gasteiger partial charge in [-0.15, -0.1) is 0 Å². The molecule has 2 aliphatic heterocycles. The first kappa shape index (κ1) is 68.2. The van der Waals surface area contributed by atoms with Gasteiger partial charge in [0.05, 0.1) is 22.1 Å². The summed E-state index contributed by atoms with van der Waals surface area (Å²) in [5.74, 6) is 0. The molecule has 115 heavy (non-hydrogen) atoms. The van der Waals surface area contributed by atoms with Crippen molar-refractivity contribution < 1.29 is 17.7 Å². The summed E-state index contributed by atoms with van der Waals surface area (Å²) in [6, 6.07) is 122. The number of furan rings is 4. The van der Waals surface area contributed by atoms with Gasteiger partial charge in [-0.2, -0.15) is 0 Å². The number of fused-ring (bicyclic) bond motifs is 16. The van der Waals surface area contributed by atoms with Crippen molar-refractivity contribution in [1.29, 1.82) is 0 Å². The Morgan fingerprint density at radius 2 is 0.565 bits per heavy atom. The van der Waals surface area contributed by atoms with Crippen LogP contribution in [0.25, 0.3) is 166 Å². The predicted octanol–water partition coefficient (Wildman–Crippen LogP) is 28.9. The van der Waals surface area contributed by atoms with Gasteiger partial charge < -0.3 is 27.5 Å². The fourth-order valence-corrected chi connectivity index (χ4v) is 18.9. The molecule has 0 saturated heterocycles. The highest BCUT2D eigenvalue weighted by Crippen LogP contribution is 2.58. The van der Waals surface area contributed by atoms with Gasteiger partial charge in [0, 0.05) is 77.3 Å². The van der Waals surface area contributed by atoms with E-state index in [1.807, 2.05) is 0 Å². The Morgan fingerprint density at radius 3 is 0.965 bits per heavy atom. The van der Waals surface area contributed by atoms with Gasteiger partial charge in [0.1, 0.15) is 44.7 Å². The molecule has 16 aromatic carbocycles. The minimum absolute atomic E-state index is 0.0971. The van der Waals surface area contributed by atoms with E-state index in [1.54, 1.807) is 0 Å². The van der Waals surface area contributed by atoms with Crippen LogP contribution in [-0.2, 0) is 16.2 Å². The number of rotatable bonds is 9. The summed E-state index contributed by atoms with van der Waals surface area (Å²) >= 11 is 0. The third-order valence-electron chi connectivity index (χ3n) is 24.5. The van der Waals surface area contributed by atoms with Gasteiger partial charge in [0.2, 0.25) is 0 Å². The summed E-state index contributed by atoms with van der Waals surface area (Å²) in [7, 11) is 0. The predicted molar refractivity (Wildman–Crippen MR) is 484 cm³/mol. The smallest absolute Gasteiger partial charge is 0.252 e. The molecule has 6 nitrogen and oxygen atoms in total. The second-order valence-corrected chi connectivity index (χ2v) is 34.6. The monoisotopic (exact) mass is 1480 g/mol. The molecule has 0 saturated carbocycles. The second-order valence-electron chi connectivity index (χ2n) is 34.6. The van der Waals surface area contributed by atoms with E-state index in [4.69, 9.17) is 17.7 Å². The van der Waals surface area contributed by atoms with E-state index in [-0.39, 0.29) is 16.2 Å². The van der Waals surface area contributed by atoms with Crippen LogP contribution < -0.4 is 26.2 Å². The maximum atomic E-state index is 7.50. The molecule has 20 aromatic rings. The van der Waals surface area contributed by atoms with Crippen LogP contribution in [0, 0.1) is 0 Å². The summed E-state index contributed by atoms with van der Waals surface area (Å²) in [5, 5.41) is 8.47. The first-order valence-electron chi connectivity index (χ1n) is 40.2. The zero-order chi connectivity index (χ0) is 77.5. The highest BCUT2D eigenvalue weighted by Gasteiger charge is 2.47. The van der Waals surface area contributed by atoms with Gasteiger partial charge in [-0.25, -0.2) is 0 Å². The maximum absolute atomic E-state index is 7.50. The molecule has 0 spiro atoms. The molecule has 0 bridgehead atoms. The minimum Gasteiger partial charge on any atom is -0.456 e. The number of anilines is 6. The van der Waals surface area contributed by atoms with Crippen LogP contribution in [0.4, 0.5) is 34.1 Å². The highest BCUT2D eigenvalue weighted by atomic mass is 16.3. The summed E-state index contributed by atoms with van der Waals surface area (Å²) < 4.78 is 28.6. The molecule has 0 N–H and O–H groups in total. The topological polar surface area (TPSA) is 59.0 Å². The lowest BCUT2D eigenvalue weighted by Gasteiger charge is -2.46. The number of hydrogen-bond donors (Lipinski definition) is 0. The Balaban J connectivity index is 0.935. The van der Waals surface area contributed by atoms with Crippen molar-refractivity contribution in [3.63, 3.8) is 0 Å². The molecule has 2 aliphatic rings. The number of para-hydroxylation sites is 4. The van der Waals surface area contributed by atoms with E-state index in [9.17, 15) is 0 Å². The molecule has 0 fully saturated rings. The molecule has 22 rings (SSSR count). The number of benzene rings is 16. The van der Waals surface area contributed by atoms with Gasteiger partial charge >= 0.3 is 0 Å². The van der Waals surface area contributed by atoms with E-state index >= 15 is 0 Å². The molecule has 4 aromatic heterocycles. The molecule has 0 atom stereocenters. The Labute approximate surface area is 668 Å². The Kier molecular flexibility index (Phi) is 15.1. The summed E-state index contributed by atoms with van der Waals surface area (Å²) in [6.07, 6.45) is 0. The zero-order valence-corrected chi connectivity index (χ0v) is 65.8. The Morgan fingerprint density at radius 1 is 0.235 bits per heavy atom. The standard InChI is InChI=1S/C108H81BN2O4/c1-106(2,3)74-54-50-68(51-55-74)73-60-89-101-90(61-73)111(103-82(70-48-44-67(45-49-70)65-28-14-11-15-29-65)63-84(108(7,8)9)105-100(103)80-33-19-23-39-94(80)115-105)88-57-53-72(76-35-25-41-96-98(76)78-31-17-21-37-92(78)113-96)59-86(88)109(101)85-58-71(75-34-24-40-95-97(75)77-30-16-20-36-91(77)112-95)52-56-87(85)110(89)102-81(69-46-42-66(43-47-69)64-26-12-10-13-27-64)62-83(107(4,5)6)104-99(102)79-32-18-22-38-93(79)114-104/h10-63H,1-9H3. The van der Waals surface area contributed by atoms with E-state index in [2.05, 4.69) is 400 Å². The Hall–Kier alpha value is -13.6. The molecular formula is C108H81BN2O4. The largest absolute Gasteiger partial charge is 0.456 e. The highest BCUT2D eigenvalue weighted by molar-refractivity contribution is 7.00. The Bertz CT molecular complexity index is 6970. The van der Waals surface area contributed by atoms with Crippen LogP contribution in [0.2, 0.25) is 0 Å². The molecule has 0 radical (unpaired) electrons. The summed E-state index contributed by atoms with van der Waals surface area (Å²) in [6.45, 7) is 20.4. The van der Waals surface area contributed by atoms with E-state index < -0.39 is 6.71 Å². The van der Waals surface area contributed by atoms with Gasteiger partial charge in [-0.3, -0.25) is 0 Å². The van der Waals surface area contributed by atoms with Crippen LogP contribution in [0.1, 0.15) is 79.0 Å². The van der Waals surface area contributed by atoms with Gasteiger partial charge in [-0.1, -0.05) is 317 Å². The third kappa shape index (κ3) is 10.8.